The summed E-state index contributed by atoms with van der Waals surface area (Å²) in [6.45, 7) is 3.76. The number of hydrogen-bond acceptors (Lipinski definition) is 2. The van der Waals surface area contributed by atoms with Gasteiger partial charge in [-0.1, -0.05) is 35.9 Å². The van der Waals surface area contributed by atoms with Crippen molar-refractivity contribution in [1.82, 2.24) is 4.57 Å². The van der Waals surface area contributed by atoms with Crippen LogP contribution in [0.4, 0.5) is 0 Å². The molecule has 4 nitrogen and oxygen atoms in total. The molecule has 2 aromatic carbocycles. The van der Waals surface area contributed by atoms with Crippen molar-refractivity contribution in [3.05, 3.63) is 92.9 Å². The molecule has 0 aliphatic carbocycles. The van der Waals surface area contributed by atoms with E-state index in [0.717, 1.165) is 43.7 Å². The summed E-state index contributed by atoms with van der Waals surface area (Å²) < 4.78 is 2.01. The predicted molar refractivity (Wildman–Crippen MR) is 118 cm³/mol. The molecule has 2 aliphatic heterocycles. The standard InChI is InChI=1S/C25H22ClN3O/c26-22-6-4-20(5-7-22)23-8-9-24(30)29-15-19-11-21(25(23)29)16-28(14-19)13-18-3-1-2-17(10-18)12-27/h1-10,19,21H,11,13-16H2/p+1/t19-,21+/m0/s1. The van der Waals surface area contributed by atoms with Crippen LogP contribution in [0.5, 0.6) is 0 Å². The van der Waals surface area contributed by atoms with Crippen molar-refractivity contribution in [2.24, 2.45) is 5.92 Å². The van der Waals surface area contributed by atoms with Crippen LogP contribution in [0.15, 0.2) is 65.5 Å². The molecule has 0 spiro atoms. The van der Waals surface area contributed by atoms with E-state index < -0.39 is 0 Å². The van der Waals surface area contributed by atoms with Crippen LogP contribution in [0.2, 0.25) is 5.02 Å². The Kier molecular flexibility index (Phi) is 4.94. The van der Waals surface area contributed by atoms with Crippen molar-refractivity contribution in [3.63, 3.8) is 0 Å². The third-order valence-electron chi connectivity index (χ3n) is 6.45. The van der Waals surface area contributed by atoms with Crippen LogP contribution in [0.25, 0.3) is 11.1 Å². The number of quaternary nitrogens is 1. The van der Waals surface area contributed by atoms with Crippen molar-refractivity contribution in [1.29, 1.82) is 5.26 Å². The molecular formula is C25H23ClN3O+. The molecule has 1 fully saturated rings. The lowest BCUT2D eigenvalue weighted by molar-refractivity contribution is -0.924. The predicted octanol–water partition coefficient (Wildman–Crippen LogP) is 3.24. The third kappa shape index (κ3) is 3.56. The maximum atomic E-state index is 12.7. The van der Waals surface area contributed by atoms with Crippen LogP contribution < -0.4 is 10.5 Å². The van der Waals surface area contributed by atoms with Gasteiger partial charge in [-0.25, -0.2) is 0 Å². The molecule has 5 heteroatoms. The second-order valence-corrected chi connectivity index (χ2v) is 8.97. The van der Waals surface area contributed by atoms with Gasteiger partial charge in [-0.2, -0.15) is 5.26 Å². The molecule has 5 rings (SSSR count). The first kappa shape index (κ1) is 19.1. The SMILES string of the molecule is N#Cc1cccc(C[NH+]2C[C@@H]3C[C@H](C2)c2c(-c4ccc(Cl)cc4)ccc(=O)n2C3)c1. The van der Waals surface area contributed by atoms with Crippen molar-refractivity contribution < 1.29 is 4.90 Å². The fourth-order valence-electron chi connectivity index (χ4n) is 5.29. The Morgan fingerprint density at radius 3 is 2.73 bits per heavy atom. The first-order valence-electron chi connectivity index (χ1n) is 10.4. The van der Waals surface area contributed by atoms with Gasteiger partial charge in [0.1, 0.15) is 6.54 Å². The quantitative estimate of drug-likeness (QED) is 0.712. The Morgan fingerprint density at radius 1 is 1.10 bits per heavy atom. The summed E-state index contributed by atoms with van der Waals surface area (Å²) in [5.41, 5.74) is 5.43. The molecular weight excluding hydrogens is 394 g/mol. The molecule has 2 aliphatic rings. The number of benzene rings is 2. The van der Waals surface area contributed by atoms with E-state index >= 15 is 0 Å². The topological polar surface area (TPSA) is 50.2 Å². The number of nitrogens with zero attached hydrogens (tertiary/aromatic N) is 2. The van der Waals surface area contributed by atoms with Crippen LogP contribution in [0.3, 0.4) is 0 Å². The average molecular weight is 417 g/mol. The lowest BCUT2D eigenvalue weighted by Crippen LogP contribution is -3.13. The van der Waals surface area contributed by atoms with Crippen LogP contribution in [0, 0.1) is 17.2 Å². The summed E-state index contributed by atoms with van der Waals surface area (Å²) >= 11 is 6.09. The summed E-state index contributed by atoms with van der Waals surface area (Å²) in [5.74, 6) is 0.856. The number of rotatable bonds is 3. The maximum Gasteiger partial charge on any atom is 0.250 e. The molecule has 30 heavy (non-hydrogen) atoms. The van der Waals surface area contributed by atoms with Gasteiger partial charge in [0.2, 0.25) is 0 Å². The highest BCUT2D eigenvalue weighted by atomic mass is 35.5. The normalized spacial score (nSPS) is 22.2. The number of likely N-dealkylation sites (tertiary alicyclic amines) is 1. The molecule has 1 N–H and O–H groups in total. The van der Waals surface area contributed by atoms with Crippen LogP contribution >= 0.6 is 11.6 Å². The average Bonchev–Trinajstić information content (AvgIpc) is 2.75. The molecule has 3 atom stereocenters. The molecule has 0 amide bonds. The van der Waals surface area contributed by atoms with Gasteiger partial charge in [-0.15, -0.1) is 0 Å². The number of nitrogens with one attached hydrogen (secondary N) is 1. The highest BCUT2D eigenvalue weighted by molar-refractivity contribution is 6.30. The van der Waals surface area contributed by atoms with E-state index in [2.05, 4.69) is 12.1 Å². The van der Waals surface area contributed by atoms with E-state index in [1.54, 1.807) is 6.07 Å². The van der Waals surface area contributed by atoms with Gasteiger partial charge in [-0.3, -0.25) is 4.79 Å². The molecule has 150 valence electrons. The summed E-state index contributed by atoms with van der Waals surface area (Å²) in [5, 5.41) is 9.91. The fraction of sp³-hybridized carbons (Fsp3) is 0.280. The van der Waals surface area contributed by atoms with E-state index in [-0.39, 0.29) is 5.56 Å². The number of pyridine rings is 1. The molecule has 0 saturated carbocycles. The summed E-state index contributed by atoms with van der Waals surface area (Å²) in [6.07, 6.45) is 1.13. The first-order valence-corrected chi connectivity index (χ1v) is 10.8. The van der Waals surface area contributed by atoms with Gasteiger partial charge in [0.25, 0.3) is 5.56 Å². The summed E-state index contributed by atoms with van der Waals surface area (Å²) in [4.78, 5) is 14.2. The van der Waals surface area contributed by atoms with Gasteiger partial charge >= 0.3 is 0 Å². The maximum absolute atomic E-state index is 12.7. The van der Waals surface area contributed by atoms with E-state index in [4.69, 9.17) is 11.6 Å². The number of halogens is 1. The van der Waals surface area contributed by atoms with E-state index in [9.17, 15) is 10.1 Å². The van der Waals surface area contributed by atoms with Crippen molar-refractivity contribution in [2.75, 3.05) is 13.1 Å². The van der Waals surface area contributed by atoms with E-state index in [1.807, 2.05) is 53.1 Å². The fourth-order valence-corrected chi connectivity index (χ4v) is 5.42. The van der Waals surface area contributed by atoms with Gasteiger partial charge in [0.05, 0.1) is 24.7 Å². The van der Waals surface area contributed by atoms with Crippen LogP contribution in [-0.4, -0.2) is 17.7 Å². The molecule has 1 unspecified atom stereocenters. The molecule has 1 saturated heterocycles. The van der Waals surface area contributed by atoms with E-state index in [1.165, 1.54) is 16.2 Å². The number of fused-ring (bicyclic) bond motifs is 4. The van der Waals surface area contributed by atoms with Crippen LogP contribution in [0.1, 0.15) is 29.2 Å². The number of nitriles is 1. The number of hydrogen-bond donors (Lipinski definition) is 1. The summed E-state index contributed by atoms with van der Waals surface area (Å²) in [7, 11) is 0. The summed E-state index contributed by atoms with van der Waals surface area (Å²) in [6, 6.07) is 21.7. The molecule has 2 bridgehead atoms. The third-order valence-corrected chi connectivity index (χ3v) is 6.70. The second kappa shape index (κ2) is 7.75. The monoisotopic (exact) mass is 416 g/mol. The van der Waals surface area contributed by atoms with Gasteiger partial charge < -0.3 is 9.47 Å². The van der Waals surface area contributed by atoms with E-state index in [0.29, 0.717) is 22.4 Å². The van der Waals surface area contributed by atoms with Crippen LogP contribution in [-0.2, 0) is 13.1 Å². The van der Waals surface area contributed by atoms with Gasteiger partial charge in [0, 0.05) is 46.3 Å². The molecule has 1 aromatic heterocycles. The Labute approximate surface area is 181 Å². The van der Waals surface area contributed by atoms with Gasteiger partial charge in [-0.05, 0) is 42.3 Å². The lowest BCUT2D eigenvalue weighted by Gasteiger charge is -2.41. The largest absolute Gasteiger partial charge is 0.330 e. The first-order chi connectivity index (χ1) is 14.6. The van der Waals surface area contributed by atoms with Crippen molar-refractivity contribution in [2.45, 2.75) is 25.4 Å². The zero-order valence-corrected chi connectivity index (χ0v) is 17.4. The minimum Gasteiger partial charge on any atom is -0.330 e. The number of aromatic nitrogens is 1. The second-order valence-electron chi connectivity index (χ2n) is 8.53. The Hall–Kier alpha value is -2.87. The number of piperidine rings is 1. The van der Waals surface area contributed by atoms with Crippen molar-refractivity contribution in [3.8, 4) is 17.2 Å². The Bertz CT molecular complexity index is 1190. The Morgan fingerprint density at radius 2 is 1.93 bits per heavy atom. The molecule has 3 aromatic rings. The highest BCUT2D eigenvalue weighted by Crippen LogP contribution is 2.37. The molecule has 0 radical (unpaired) electrons. The zero-order chi connectivity index (χ0) is 20.7. The minimum atomic E-state index is 0.0996. The molecule has 3 heterocycles. The highest BCUT2D eigenvalue weighted by Gasteiger charge is 2.38. The zero-order valence-electron chi connectivity index (χ0n) is 16.6. The minimum absolute atomic E-state index is 0.0996. The lowest BCUT2D eigenvalue weighted by atomic mass is 9.80. The van der Waals surface area contributed by atoms with Crippen molar-refractivity contribution >= 4 is 11.6 Å². The Balaban J connectivity index is 1.49. The van der Waals surface area contributed by atoms with Gasteiger partial charge in [0.15, 0.2) is 0 Å². The smallest absolute Gasteiger partial charge is 0.250 e.